The average Bonchev–Trinajstić information content (AvgIpc) is 3.01. The Morgan fingerprint density at radius 3 is 2.76 bits per heavy atom. The van der Waals surface area contributed by atoms with Crippen LogP contribution < -0.4 is 4.74 Å². The lowest BCUT2D eigenvalue weighted by molar-refractivity contribution is -0.145. The third-order valence-corrected chi connectivity index (χ3v) is 3.62. The molecule has 0 saturated carbocycles. The molecule has 0 bridgehead atoms. The number of ether oxygens (including phenoxy) is 2. The van der Waals surface area contributed by atoms with E-state index in [0.29, 0.717) is 39.0 Å². The molecule has 1 aliphatic rings. The van der Waals surface area contributed by atoms with Gasteiger partial charge in [0, 0.05) is 19.5 Å². The zero-order chi connectivity index (χ0) is 15.1. The first-order valence-electron chi connectivity index (χ1n) is 7.24. The van der Waals surface area contributed by atoms with Crippen molar-refractivity contribution in [2.45, 2.75) is 19.3 Å². The molecule has 1 aliphatic heterocycles. The fourth-order valence-corrected chi connectivity index (χ4v) is 2.43. The number of benzene rings is 1. The van der Waals surface area contributed by atoms with Crippen molar-refractivity contribution in [1.82, 2.24) is 4.90 Å². The quantitative estimate of drug-likeness (QED) is 0.593. The molecule has 0 aliphatic carbocycles. The molecule has 5 nitrogen and oxygen atoms in total. The van der Waals surface area contributed by atoms with E-state index in [1.54, 1.807) is 4.90 Å². The Bertz CT molecular complexity index is 474. The fraction of sp³-hybridized carbons (Fsp3) is 0.500. The summed E-state index contributed by atoms with van der Waals surface area (Å²) in [5.74, 6) is 0.507. The van der Waals surface area contributed by atoms with Crippen molar-refractivity contribution in [2.24, 2.45) is 5.92 Å². The van der Waals surface area contributed by atoms with Crippen LogP contribution in [0, 0.1) is 5.92 Å². The Kier molecular flexibility index (Phi) is 5.60. The summed E-state index contributed by atoms with van der Waals surface area (Å²) < 4.78 is 10.3. The van der Waals surface area contributed by atoms with E-state index >= 15 is 0 Å². The summed E-state index contributed by atoms with van der Waals surface area (Å²) >= 11 is 0. The highest BCUT2D eigenvalue weighted by Gasteiger charge is 2.31. The molecule has 1 aromatic carbocycles. The van der Waals surface area contributed by atoms with E-state index in [9.17, 15) is 9.59 Å². The van der Waals surface area contributed by atoms with Gasteiger partial charge >= 0.3 is 5.97 Å². The van der Waals surface area contributed by atoms with Crippen LogP contribution in [0.1, 0.15) is 19.3 Å². The lowest BCUT2D eigenvalue weighted by Crippen LogP contribution is -2.30. The summed E-state index contributed by atoms with van der Waals surface area (Å²) in [4.78, 5) is 25.2. The van der Waals surface area contributed by atoms with Gasteiger partial charge in [-0.25, -0.2) is 0 Å². The highest BCUT2D eigenvalue weighted by Crippen LogP contribution is 2.18. The highest BCUT2D eigenvalue weighted by molar-refractivity contribution is 5.79. The van der Waals surface area contributed by atoms with Gasteiger partial charge in [-0.05, 0) is 25.0 Å². The van der Waals surface area contributed by atoms with E-state index in [4.69, 9.17) is 9.47 Å². The molecular formula is C16H21NO4. The number of rotatable bonds is 6. The molecule has 114 valence electrons. The van der Waals surface area contributed by atoms with Crippen LogP contribution >= 0.6 is 0 Å². The molecule has 1 amide bonds. The zero-order valence-electron chi connectivity index (χ0n) is 12.3. The number of nitrogens with zero attached hydrogens (tertiary/aromatic N) is 1. The van der Waals surface area contributed by atoms with E-state index in [0.717, 1.165) is 5.75 Å². The van der Waals surface area contributed by atoms with Crippen molar-refractivity contribution in [1.29, 1.82) is 0 Å². The average molecular weight is 291 g/mol. The molecule has 1 heterocycles. The predicted octanol–water partition coefficient (Wildman–Crippen LogP) is 1.87. The van der Waals surface area contributed by atoms with Gasteiger partial charge in [-0.3, -0.25) is 9.59 Å². The number of hydrogen-bond acceptors (Lipinski definition) is 4. The van der Waals surface area contributed by atoms with Crippen molar-refractivity contribution >= 4 is 11.9 Å². The third kappa shape index (κ3) is 4.48. The molecule has 1 atom stereocenters. The number of hydrogen-bond donors (Lipinski definition) is 0. The van der Waals surface area contributed by atoms with Crippen LogP contribution in [0.3, 0.4) is 0 Å². The van der Waals surface area contributed by atoms with Crippen LogP contribution in [0.2, 0.25) is 0 Å². The number of amides is 1. The predicted molar refractivity (Wildman–Crippen MR) is 77.9 cm³/mol. The van der Waals surface area contributed by atoms with Crippen LogP contribution in [0.25, 0.3) is 0 Å². The number of carbonyl (C=O) groups is 2. The second kappa shape index (κ2) is 7.67. The van der Waals surface area contributed by atoms with E-state index in [-0.39, 0.29) is 17.8 Å². The summed E-state index contributed by atoms with van der Waals surface area (Å²) in [5.41, 5.74) is 0. The van der Waals surface area contributed by atoms with Crippen molar-refractivity contribution < 1.29 is 19.1 Å². The topological polar surface area (TPSA) is 55.8 Å². The second-order valence-electron chi connectivity index (χ2n) is 5.11. The standard InChI is InChI=1S/C16H21NO4/c1-20-16(19)13-9-10-17(12-13)15(18)8-5-11-21-14-6-3-2-4-7-14/h2-4,6-7,13H,5,8-12H2,1H3. The van der Waals surface area contributed by atoms with Crippen molar-refractivity contribution in [3.05, 3.63) is 30.3 Å². The normalized spacial score (nSPS) is 17.6. The molecule has 1 fully saturated rings. The van der Waals surface area contributed by atoms with Crippen LogP contribution in [-0.2, 0) is 14.3 Å². The minimum absolute atomic E-state index is 0.0815. The maximum atomic E-state index is 12.0. The lowest BCUT2D eigenvalue weighted by Gasteiger charge is -2.16. The monoisotopic (exact) mass is 291 g/mol. The van der Waals surface area contributed by atoms with E-state index in [1.165, 1.54) is 7.11 Å². The number of methoxy groups -OCH3 is 1. The Morgan fingerprint density at radius 1 is 1.29 bits per heavy atom. The molecule has 21 heavy (non-hydrogen) atoms. The number of para-hydroxylation sites is 1. The van der Waals surface area contributed by atoms with Crippen molar-refractivity contribution in [2.75, 3.05) is 26.8 Å². The first kappa shape index (κ1) is 15.4. The van der Waals surface area contributed by atoms with Gasteiger partial charge in [0.15, 0.2) is 0 Å². The van der Waals surface area contributed by atoms with Crippen molar-refractivity contribution in [3.63, 3.8) is 0 Å². The van der Waals surface area contributed by atoms with Crippen LogP contribution in [0.4, 0.5) is 0 Å². The largest absolute Gasteiger partial charge is 0.494 e. The van der Waals surface area contributed by atoms with Crippen LogP contribution in [0.15, 0.2) is 30.3 Å². The summed E-state index contributed by atoms with van der Waals surface area (Å²) in [7, 11) is 1.38. The van der Waals surface area contributed by atoms with Gasteiger partial charge in [-0.15, -0.1) is 0 Å². The Labute approximate surface area is 124 Å². The SMILES string of the molecule is COC(=O)C1CCN(C(=O)CCCOc2ccccc2)C1. The van der Waals surface area contributed by atoms with Gasteiger partial charge < -0.3 is 14.4 Å². The Morgan fingerprint density at radius 2 is 2.05 bits per heavy atom. The van der Waals surface area contributed by atoms with E-state index in [2.05, 4.69) is 0 Å². The number of likely N-dealkylation sites (tertiary alicyclic amines) is 1. The maximum Gasteiger partial charge on any atom is 0.310 e. The summed E-state index contributed by atoms with van der Waals surface area (Å²) in [6, 6.07) is 9.54. The molecule has 5 heteroatoms. The Balaban J connectivity index is 1.65. The minimum atomic E-state index is -0.224. The number of carbonyl (C=O) groups excluding carboxylic acids is 2. The van der Waals surface area contributed by atoms with Crippen LogP contribution in [0.5, 0.6) is 5.75 Å². The van der Waals surface area contributed by atoms with Gasteiger partial charge in [0.05, 0.1) is 19.6 Å². The molecule has 0 N–H and O–H groups in total. The van der Waals surface area contributed by atoms with E-state index in [1.807, 2.05) is 30.3 Å². The first-order valence-corrected chi connectivity index (χ1v) is 7.24. The van der Waals surface area contributed by atoms with Crippen molar-refractivity contribution in [3.8, 4) is 5.75 Å². The molecule has 0 radical (unpaired) electrons. The molecule has 1 aromatic rings. The van der Waals surface area contributed by atoms with E-state index < -0.39 is 0 Å². The number of esters is 1. The Hall–Kier alpha value is -2.04. The molecule has 0 spiro atoms. The van der Waals surface area contributed by atoms with Gasteiger partial charge in [0.2, 0.25) is 5.91 Å². The van der Waals surface area contributed by atoms with Gasteiger partial charge in [0.25, 0.3) is 0 Å². The zero-order valence-corrected chi connectivity index (χ0v) is 12.3. The first-order chi connectivity index (χ1) is 10.2. The van der Waals surface area contributed by atoms with Gasteiger partial charge in [0.1, 0.15) is 5.75 Å². The smallest absolute Gasteiger partial charge is 0.310 e. The maximum absolute atomic E-state index is 12.0. The second-order valence-corrected chi connectivity index (χ2v) is 5.11. The lowest BCUT2D eigenvalue weighted by atomic mass is 10.1. The highest BCUT2D eigenvalue weighted by atomic mass is 16.5. The third-order valence-electron chi connectivity index (χ3n) is 3.62. The molecular weight excluding hydrogens is 270 g/mol. The van der Waals surface area contributed by atoms with Gasteiger partial charge in [-0.1, -0.05) is 18.2 Å². The fourth-order valence-electron chi connectivity index (χ4n) is 2.43. The molecule has 0 aromatic heterocycles. The minimum Gasteiger partial charge on any atom is -0.494 e. The molecule has 1 saturated heterocycles. The summed E-state index contributed by atoms with van der Waals surface area (Å²) in [6.07, 6.45) is 1.81. The summed E-state index contributed by atoms with van der Waals surface area (Å²) in [5, 5.41) is 0. The molecule has 1 unspecified atom stereocenters. The van der Waals surface area contributed by atoms with Crippen LogP contribution in [-0.4, -0.2) is 43.6 Å². The van der Waals surface area contributed by atoms with Gasteiger partial charge in [-0.2, -0.15) is 0 Å². The summed E-state index contributed by atoms with van der Waals surface area (Å²) in [6.45, 7) is 1.63. The molecule has 2 rings (SSSR count).